The van der Waals surface area contributed by atoms with Crippen molar-refractivity contribution in [1.82, 2.24) is 5.32 Å². The van der Waals surface area contributed by atoms with Gasteiger partial charge in [-0.15, -0.1) is 0 Å². The average molecular weight is 171 g/mol. The summed E-state index contributed by atoms with van der Waals surface area (Å²) in [5.74, 6) is 0.658. The van der Waals surface area contributed by atoms with Gasteiger partial charge in [0.25, 0.3) is 0 Å². The lowest BCUT2D eigenvalue weighted by atomic mass is 9.93. The van der Waals surface area contributed by atoms with Crippen LogP contribution in [0.4, 0.5) is 0 Å². The van der Waals surface area contributed by atoms with E-state index in [1.54, 1.807) is 0 Å². The van der Waals surface area contributed by atoms with Crippen LogP contribution in [0.5, 0.6) is 0 Å². The number of ether oxygens (including phenoxy) is 1. The van der Waals surface area contributed by atoms with Crippen LogP contribution in [-0.2, 0) is 4.74 Å². The van der Waals surface area contributed by atoms with Crippen molar-refractivity contribution < 1.29 is 4.74 Å². The molecule has 72 valence electrons. The van der Waals surface area contributed by atoms with Crippen molar-refractivity contribution in [3.63, 3.8) is 0 Å². The highest BCUT2D eigenvalue weighted by Gasteiger charge is 2.16. The number of rotatable bonds is 6. The number of nitrogens with one attached hydrogen (secondary N) is 1. The molecule has 0 aromatic carbocycles. The molecular formula is C10H21NO. The Hall–Kier alpha value is -0.0800. The van der Waals surface area contributed by atoms with Crippen molar-refractivity contribution in [1.29, 1.82) is 0 Å². The third-order valence-electron chi connectivity index (χ3n) is 2.47. The Kier molecular flexibility index (Phi) is 4.62. The molecule has 0 aromatic heterocycles. The molecule has 0 heterocycles. The van der Waals surface area contributed by atoms with Gasteiger partial charge in [-0.25, -0.2) is 0 Å². The SMILES string of the molecule is CCOCC(C)CNC1CCC1. The molecule has 1 saturated carbocycles. The molecule has 2 heteroatoms. The first-order valence-corrected chi connectivity index (χ1v) is 5.14. The molecule has 1 aliphatic carbocycles. The quantitative estimate of drug-likeness (QED) is 0.658. The van der Waals surface area contributed by atoms with Gasteiger partial charge >= 0.3 is 0 Å². The Morgan fingerprint density at radius 3 is 2.75 bits per heavy atom. The molecule has 0 bridgehead atoms. The van der Waals surface area contributed by atoms with E-state index in [2.05, 4.69) is 12.2 Å². The van der Waals surface area contributed by atoms with Crippen LogP contribution in [-0.4, -0.2) is 25.8 Å². The van der Waals surface area contributed by atoms with E-state index < -0.39 is 0 Å². The minimum atomic E-state index is 0.658. The fraction of sp³-hybridized carbons (Fsp3) is 1.00. The summed E-state index contributed by atoms with van der Waals surface area (Å²) in [6.07, 6.45) is 4.17. The van der Waals surface area contributed by atoms with Crippen LogP contribution in [0.1, 0.15) is 33.1 Å². The molecule has 1 atom stereocenters. The topological polar surface area (TPSA) is 21.3 Å². The molecule has 0 aliphatic heterocycles. The second-order valence-electron chi connectivity index (χ2n) is 3.80. The van der Waals surface area contributed by atoms with Gasteiger partial charge in [0.15, 0.2) is 0 Å². The molecule has 0 radical (unpaired) electrons. The summed E-state index contributed by atoms with van der Waals surface area (Å²) in [7, 11) is 0. The average Bonchev–Trinajstić information content (AvgIpc) is 1.98. The second kappa shape index (κ2) is 5.55. The van der Waals surface area contributed by atoms with Gasteiger partial charge < -0.3 is 10.1 Å². The molecule has 2 nitrogen and oxygen atoms in total. The van der Waals surface area contributed by atoms with E-state index in [1.807, 2.05) is 6.92 Å². The Morgan fingerprint density at radius 2 is 2.25 bits per heavy atom. The van der Waals surface area contributed by atoms with E-state index in [9.17, 15) is 0 Å². The molecule has 1 rings (SSSR count). The van der Waals surface area contributed by atoms with E-state index in [4.69, 9.17) is 4.74 Å². The van der Waals surface area contributed by atoms with E-state index in [0.29, 0.717) is 5.92 Å². The number of hydrogen-bond acceptors (Lipinski definition) is 2. The van der Waals surface area contributed by atoms with Crippen LogP contribution in [0, 0.1) is 5.92 Å². The van der Waals surface area contributed by atoms with Gasteiger partial charge in [-0.05, 0) is 25.7 Å². The van der Waals surface area contributed by atoms with Gasteiger partial charge in [-0.1, -0.05) is 13.3 Å². The predicted octanol–water partition coefficient (Wildman–Crippen LogP) is 1.80. The summed E-state index contributed by atoms with van der Waals surface area (Å²) in [4.78, 5) is 0. The maximum atomic E-state index is 5.34. The zero-order chi connectivity index (χ0) is 8.81. The van der Waals surface area contributed by atoms with Crippen molar-refractivity contribution in [3.8, 4) is 0 Å². The van der Waals surface area contributed by atoms with Crippen molar-refractivity contribution in [2.45, 2.75) is 39.2 Å². The molecule has 12 heavy (non-hydrogen) atoms. The molecule has 1 fully saturated rings. The first kappa shape index (κ1) is 10.0. The molecular weight excluding hydrogens is 150 g/mol. The van der Waals surface area contributed by atoms with E-state index in [1.165, 1.54) is 19.3 Å². The first-order chi connectivity index (χ1) is 5.83. The fourth-order valence-corrected chi connectivity index (χ4v) is 1.36. The van der Waals surface area contributed by atoms with E-state index >= 15 is 0 Å². The molecule has 0 amide bonds. The molecule has 0 aromatic rings. The Morgan fingerprint density at radius 1 is 1.50 bits per heavy atom. The minimum Gasteiger partial charge on any atom is -0.381 e. The standard InChI is InChI=1S/C10H21NO/c1-3-12-8-9(2)7-11-10-5-4-6-10/h9-11H,3-8H2,1-2H3. The Bertz CT molecular complexity index is 112. The van der Waals surface area contributed by atoms with E-state index in [0.717, 1.165) is 25.8 Å². The summed E-state index contributed by atoms with van der Waals surface area (Å²) in [6.45, 7) is 7.14. The minimum absolute atomic E-state index is 0.658. The molecule has 1 N–H and O–H groups in total. The van der Waals surface area contributed by atoms with Crippen LogP contribution in [0.2, 0.25) is 0 Å². The lowest BCUT2D eigenvalue weighted by molar-refractivity contribution is 0.113. The number of hydrogen-bond donors (Lipinski definition) is 1. The highest BCUT2D eigenvalue weighted by atomic mass is 16.5. The summed E-state index contributed by atoms with van der Waals surface area (Å²) in [5.41, 5.74) is 0. The van der Waals surface area contributed by atoms with Gasteiger partial charge in [-0.3, -0.25) is 0 Å². The van der Waals surface area contributed by atoms with Gasteiger partial charge in [0.1, 0.15) is 0 Å². The molecule has 1 unspecified atom stereocenters. The normalized spacial score (nSPS) is 20.5. The highest BCUT2D eigenvalue weighted by molar-refractivity contribution is 4.76. The van der Waals surface area contributed by atoms with Crippen LogP contribution in [0.25, 0.3) is 0 Å². The van der Waals surface area contributed by atoms with Crippen molar-refractivity contribution in [3.05, 3.63) is 0 Å². The maximum absolute atomic E-state index is 5.34. The Balaban J connectivity index is 1.90. The van der Waals surface area contributed by atoms with Crippen LogP contribution in [0.15, 0.2) is 0 Å². The maximum Gasteiger partial charge on any atom is 0.0503 e. The van der Waals surface area contributed by atoms with Gasteiger partial charge in [0, 0.05) is 19.2 Å². The second-order valence-corrected chi connectivity index (χ2v) is 3.80. The Labute approximate surface area is 75.7 Å². The third kappa shape index (κ3) is 3.55. The predicted molar refractivity (Wildman–Crippen MR) is 51.3 cm³/mol. The van der Waals surface area contributed by atoms with E-state index in [-0.39, 0.29) is 0 Å². The van der Waals surface area contributed by atoms with Gasteiger partial charge in [-0.2, -0.15) is 0 Å². The fourth-order valence-electron chi connectivity index (χ4n) is 1.36. The third-order valence-corrected chi connectivity index (χ3v) is 2.47. The zero-order valence-electron chi connectivity index (χ0n) is 8.31. The van der Waals surface area contributed by atoms with Gasteiger partial charge in [0.05, 0.1) is 6.61 Å². The first-order valence-electron chi connectivity index (χ1n) is 5.14. The van der Waals surface area contributed by atoms with Crippen LogP contribution >= 0.6 is 0 Å². The lowest BCUT2D eigenvalue weighted by Crippen LogP contribution is -2.38. The van der Waals surface area contributed by atoms with Crippen LogP contribution < -0.4 is 5.32 Å². The monoisotopic (exact) mass is 171 g/mol. The van der Waals surface area contributed by atoms with Crippen LogP contribution in [0.3, 0.4) is 0 Å². The molecule has 0 saturated heterocycles. The highest BCUT2D eigenvalue weighted by Crippen LogP contribution is 2.17. The summed E-state index contributed by atoms with van der Waals surface area (Å²) >= 11 is 0. The smallest absolute Gasteiger partial charge is 0.0503 e. The molecule has 0 spiro atoms. The molecule has 1 aliphatic rings. The van der Waals surface area contributed by atoms with Crippen molar-refractivity contribution in [2.75, 3.05) is 19.8 Å². The van der Waals surface area contributed by atoms with Crippen molar-refractivity contribution >= 4 is 0 Å². The largest absolute Gasteiger partial charge is 0.381 e. The van der Waals surface area contributed by atoms with Crippen molar-refractivity contribution in [2.24, 2.45) is 5.92 Å². The summed E-state index contributed by atoms with van der Waals surface area (Å²) < 4.78 is 5.34. The zero-order valence-corrected chi connectivity index (χ0v) is 8.31. The lowest BCUT2D eigenvalue weighted by Gasteiger charge is -2.27. The summed E-state index contributed by atoms with van der Waals surface area (Å²) in [5, 5.41) is 3.55. The van der Waals surface area contributed by atoms with Gasteiger partial charge in [0.2, 0.25) is 0 Å². The summed E-state index contributed by atoms with van der Waals surface area (Å²) in [6, 6.07) is 0.814.